The maximum absolute atomic E-state index is 12.4. The first-order valence-electron chi connectivity index (χ1n) is 8.86. The number of halogens is 2. The van der Waals surface area contributed by atoms with Crippen molar-refractivity contribution in [2.75, 3.05) is 12.4 Å². The van der Waals surface area contributed by atoms with Crippen LogP contribution in [0.1, 0.15) is 23.2 Å². The van der Waals surface area contributed by atoms with Gasteiger partial charge in [-0.2, -0.15) is 5.10 Å². The summed E-state index contributed by atoms with van der Waals surface area (Å²) >= 11 is 12.2. The molecule has 5 nitrogen and oxygen atoms in total. The first kappa shape index (κ1) is 20.2. The van der Waals surface area contributed by atoms with Crippen molar-refractivity contribution in [3.05, 3.63) is 75.4 Å². The number of nitrogens with zero attached hydrogens (tertiary/aromatic N) is 2. The van der Waals surface area contributed by atoms with E-state index in [9.17, 15) is 4.79 Å². The number of hydrogen-bond acceptors (Lipinski definition) is 3. The molecule has 0 spiro atoms. The number of nitrogens with one attached hydrogen (secondary N) is 1. The van der Waals surface area contributed by atoms with Crippen LogP contribution in [0.4, 0.5) is 5.82 Å². The van der Waals surface area contributed by atoms with Gasteiger partial charge in [0, 0.05) is 22.5 Å². The van der Waals surface area contributed by atoms with E-state index in [1.54, 1.807) is 23.9 Å². The number of anilines is 1. The van der Waals surface area contributed by atoms with Gasteiger partial charge in [0.25, 0.3) is 0 Å². The molecule has 0 saturated carbocycles. The summed E-state index contributed by atoms with van der Waals surface area (Å²) in [4.78, 5) is 12.4. The summed E-state index contributed by atoms with van der Waals surface area (Å²) in [7, 11) is 1.63. The summed E-state index contributed by atoms with van der Waals surface area (Å²) in [6, 6.07) is 14.9. The first-order chi connectivity index (χ1) is 13.4. The van der Waals surface area contributed by atoms with Crippen LogP contribution < -0.4 is 10.1 Å². The van der Waals surface area contributed by atoms with Gasteiger partial charge in [-0.15, -0.1) is 0 Å². The molecule has 3 aromatic rings. The van der Waals surface area contributed by atoms with Gasteiger partial charge in [-0.25, -0.2) is 4.68 Å². The summed E-state index contributed by atoms with van der Waals surface area (Å²) in [6.07, 6.45) is 1.02. The second-order valence-electron chi connectivity index (χ2n) is 6.46. The highest BCUT2D eigenvalue weighted by molar-refractivity contribution is 6.35. The molecule has 0 atom stereocenters. The fraction of sp³-hybridized carbons (Fsp3) is 0.238. The van der Waals surface area contributed by atoms with E-state index in [0.29, 0.717) is 35.2 Å². The molecule has 3 rings (SSSR count). The van der Waals surface area contributed by atoms with Crippen molar-refractivity contribution in [3.8, 4) is 5.75 Å². The lowest BCUT2D eigenvalue weighted by molar-refractivity contribution is -0.116. The van der Waals surface area contributed by atoms with E-state index in [0.717, 1.165) is 22.6 Å². The minimum atomic E-state index is -0.0702. The van der Waals surface area contributed by atoms with Crippen LogP contribution in [0.25, 0.3) is 0 Å². The molecule has 7 heteroatoms. The molecule has 0 aliphatic rings. The Morgan fingerprint density at radius 1 is 1.14 bits per heavy atom. The zero-order valence-corrected chi connectivity index (χ0v) is 17.2. The lowest BCUT2D eigenvalue weighted by Gasteiger charge is -2.10. The molecule has 2 aromatic carbocycles. The van der Waals surface area contributed by atoms with Crippen LogP contribution in [0.15, 0.2) is 48.5 Å². The number of benzene rings is 2. The van der Waals surface area contributed by atoms with Crippen LogP contribution in [-0.4, -0.2) is 22.8 Å². The van der Waals surface area contributed by atoms with E-state index < -0.39 is 0 Å². The second-order valence-corrected chi connectivity index (χ2v) is 7.30. The predicted molar refractivity (Wildman–Crippen MR) is 112 cm³/mol. The molecular formula is C21H21Cl2N3O2. The summed E-state index contributed by atoms with van der Waals surface area (Å²) in [5, 5.41) is 8.55. The van der Waals surface area contributed by atoms with Crippen molar-refractivity contribution in [1.29, 1.82) is 0 Å². The van der Waals surface area contributed by atoms with Gasteiger partial charge in [-0.3, -0.25) is 4.79 Å². The molecule has 0 saturated heterocycles. The third-order valence-electron chi connectivity index (χ3n) is 4.30. The van der Waals surface area contributed by atoms with E-state index in [2.05, 4.69) is 10.4 Å². The Hall–Kier alpha value is -2.50. The third-order valence-corrected chi connectivity index (χ3v) is 4.89. The fourth-order valence-electron chi connectivity index (χ4n) is 2.83. The fourth-order valence-corrected chi connectivity index (χ4v) is 3.30. The zero-order valence-electron chi connectivity index (χ0n) is 15.7. The van der Waals surface area contributed by atoms with Crippen LogP contribution in [0.3, 0.4) is 0 Å². The van der Waals surface area contributed by atoms with Crippen molar-refractivity contribution >= 4 is 34.9 Å². The van der Waals surface area contributed by atoms with Crippen molar-refractivity contribution < 1.29 is 9.53 Å². The standard InChI is InChI=1S/C21H21Cl2N3O2/c1-14-11-20(26(25-14)13-16-6-7-17(22)12-19(16)23)24-21(27)10-5-15-3-8-18(28-2)9-4-15/h3-4,6-9,11-12H,5,10,13H2,1-2H3,(H,24,27). The van der Waals surface area contributed by atoms with E-state index in [-0.39, 0.29) is 5.91 Å². The Morgan fingerprint density at radius 2 is 1.89 bits per heavy atom. The normalized spacial score (nSPS) is 10.7. The number of ether oxygens (including phenoxy) is 1. The van der Waals surface area contributed by atoms with E-state index in [1.165, 1.54) is 0 Å². The number of rotatable bonds is 7. The Bertz CT molecular complexity index is 968. The number of hydrogen-bond donors (Lipinski definition) is 1. The molecule has 0 fully saturated rings. The van der Waals surface area contributed by atoms with E-state index >= 15 is 0 Å². The van der Waals surface area contributed by atoms with Crippen molar-refractivity contribution in [3.63, 3.8) is 0 Å². The Morgan fingerprint density at radius 3 is 2.57 bits per heavy atom. The van der Waals surface area contributed by atoms with Crippen molar-refractivity contribution in [1.82, 2.24) is 9.78 Å². The van der Waals surface area contributed by atoms with Crippen LogP contribution in [0, 0.1) is 6.92 Å². The van der Waals surface area contributed by atoms with Gasteiger partial charge >= 0.3 is 0 Å². The molecule has 146 valence electrons. The first-order valence-corrected chi connectivity index (χ1v) is 9.61. The summed E-state index contributed by atoms with van der Waals surface area (Å²) in [5.74, 6) is 1.37. The molecule has 0 bridgehead atoms. The molecular weight excluding hydrogens is 397 g/mol. The second kappa shape index (κ2) is 9.13. The zero-order chi connectivity index (χ0) is 20.1. The highest BCUT2D eigenvalue weighted by Gasteiger charge is 2.12. The van der Waals surface area contributed by atoms with Gasteiger partial charge in [0.15, 0.2) is 0 Å². The maximum atomic E-state index is 12.4. The predicted octanol–water partition coefficient (Wildman–Crippen LogP) is 5.13. The van der Waals surface area contributed by atoms with Crippen LogP contribution in [0.2, 0.25) is 10.0 Å². The summed E-state index contributed by atoms with van der Waals surface area (Å²) in [6.45, 7) is 2.32. The molecule has 0 unspecified atom stereocenters. The van der Waals surface area contributed by atoms with Crippen LogP contribution in [0.5, 0.6) is 5.75 Å². The molecule has 0 radical (unpaired) electrons. The smallest absolute Gasteiger partial charge is 0.225 e. The third kappa shape index (κ3) is 5.27. The van der Waals surface area contributed by atoms with Crippen LogP contribution >= 0.6 is 23.2 Å². The summed E-state index contributed by atoms with van der Waals surface area (Å²) < 4.78 is 6.88. The van der Waals surface area contributed by atoms with E-state index in [1.807, 2.05) is 43.3 Å². The molecule has 1 aromatic heterocycles. The quantitative estimate of drug-likeness (QED) is 0.579. The monoisotopic (exact) mass is 417 g/mol. The SMILES string of the molecule is COc1ccc(CCC(=O)Nc2cc(C)nn2Cc2ccc(Cl)cc2Cl)cc1. The summed E-state index contributed by atoms with van der Waals surface area (Å²) in [5.41, 5.74) is 2.77. The molecule has 0 aliphatic carbocycles. The van der Waals surface area contributed by atoms with Gasteiger partial charge in [-0.1, -0.05) is 41.4 Å². The lowest BCUT2D eigenvalue weighted by atomic mass is 10.1. The van der Waals surface area contributed by atoms with Crippen molar-refractivity contribution in [2.45, 2.75) is 26.3 Å². The number of methoxy groups -OCH3 is 1. The lowest BCUT2D eigenvalue weighted by Crippen LogP contribution is -2.16. The average Bonchev–Trinajstić information content (AvgIpc) is 3.01. The number of aromatic nitrogens is 2. The van der Waals surface area contributed by atoms with Gasteiger partial charge in [0.2, 0.25) is 5.91 Å². The Balaban J connectivity index is 1.64. The number of carbonyl (C=O) groups excluding carboxylic acids is 1. The Labute approximate surface area is 174 Å². The molecule has 1 heterocycles. The molecule has 28 heavy (non-hydrogen) atoms. The molecule has 0 aliphatic heterocycles. The van der Waals surface area contributed by atoms with Gasteiger partial charge in [-0.05, 0) is 48.7 Å². The van der Waals surface area contributed by atoms with Crippen LogP contribution in [-0.2, 0) is 17.8 Å². The number of amides is 1. The average molecular weight is 418 g/mol. The molecule has 1 N–H and O–H groups in total. The maximum Gasteiger partial charge on any atom is 0.225 e. The van der Waals surface area contributed by atoms with Gasteiger partial charge < -0.3 is 10.1 Å². The minimum absolute atomic E-state index is 0.0702. The largest absolute Gasteiger partial charge is 0.497 e. The molecule has 1 amide bonds. The topological polar surface area (TPSA) is 56.1 Å². The number of aryl methyl sites for hydroxylation is 2. The highest BCUT2D eigenvalue weighted by Crippen LogP contribution is 2.23. The van der Waals surface area contributed by atoms with Gasteiger partial charge in [0.1, 0.15) is 11.6 Å². The van der Waals surface area contributed by atoms with Gasteiger partial charge in [0.05, 0.1) is 19.3 Å². The van der Waals surface area contributed by atoms with E-state index in [4.69, 9.17) is 27.9 Å². The highest BCUT2D eigenvalue weighted by atomic mass is 35.5. The van der Waals surface area contributed by atoms with Crippen molar-refractivity contribution in [2.24, 2.45) is 0 Å². The minimum Gasteiger partial charge on any atom is -0.497 e. The number of carbonyl (C=O) groups is 1. The Kier molecular flexibility index (Phi) is 6.60.